The lowest BCUT2D eigenvalue weighted by Crippen LogP contribution is -2.08. The summed E-state index contributed by atoms with van der Waals surface area (Å²) in [6, 6.07) is 10.5. The summed E-state index contributed by atoms with van der Waals surface area (Å²) in [7, 11) is 1.73. The molecular formula is C19H24N4OS. The van der Waals surface area contributed by atoms with E-state index in [1.54, 1.807) is 18.9 Å². The maximum atomic E-state index is 5.23. The Hall–Kier alpha value is -2.05. The van der Waals surface area contributed by atoms with E-state index in [0.717, 1.165) is 35.5 Å². The Labute approximate surface area is 153 Å². The highest BCUT2D eigenvalue weighted by Crippen LogP contribution is 2.24. The van der Waals surface area contributed by atoms with E-state index in [4.69, 9.17) is 9.72 Å². The Bertz CT molecular complexity index is 810. The Morgan fingerprint density at radius 2 is 1.96 bits per heavy atom. The van der Waals surface area contributed by atoms with E-state index in [9.17, 15) is 0 Å². The summed E-state index contributed by atoms with van der Waals surface area (Å²) in [6.07, 6.45) is 3.91. The van der Waals surface area contributed by atoms with Gasteiger partial charge < -0.3 is 13.9 Å². The lowest BCUT2D eigenvalue weighted by Gasteiger charge is -2.10. The number of hydrogen-bond acceptors (Lipinski definition) is 4. The average Bonchev–Trinajstić information content (AvgIpc) is 3.17. The topological polar surface area (TPSA) is 44.9 Å². The largest absolute Gasteiger partial charge is 0.383 e. The van der Waals surface area contributed by atoms with Gasteiger partial charge in [-0.3, -0.25) is 0 Å². The second-order valence-electron chi connectivity index (χ2n) is 5.96. The van der Waals surface area contributed by atoms with Crippen LogP contribution in [0.2, 0.25) is 0 Å². The quantitative estimate of drug-likeness (QED) is 0.578. The lowest BCUT2D eigenvalue weighted by molar-refractivity contribution is 0.184. The van der Waals surface area contributed by atoms with Gasteiger partial charge in [0.15, 0.2) is 5.16 Å². The van der Waals surface area contributed by atoms with Crippen molar-refractivity contribution in [1.82, 2.24) is 19.1 Å². The number of aromatic nitrogens is 4. The van der Waals surface area contributed by atoms with Crippen molar-refractivity contribution in [2.45, 2.75) is 37.8 Å². The van der Waals surface area contributed by atoms with Crippen LogP contribution in [0.15, 0.2) is 47.9 Å². The van der Waals surface area contributed by atoms with Crippen LogP contribution in [0.1, 0.15) is 22.8 Å². The zero-order chi connectivity index (χ0) is 17.6. The van der Waals surface area contributed by atoms with E-state index in [-0.39, 0.29) is 0 Å². The summed E-state index contributed by atoms with van der Waals surface area (Å²) < 4.78 is 9.66. The molecule has 0 aliphatic rings. The van der Waals surface area contributed by atoms with Crippen LogP contribution >= 0.6 is 11.8 Å². The molecular weight excluding hydrogens is 332 g/mol. The zero-order valence-electron chi connectivity index (χ0n) is 15.0. The molecule has 0 aliphatic heterocycles. The maximum Gasteiger partial charge on any atom is 0.168 e. The van der Waals surface area contributed by atoms with Gasteiger partial charge in [-0.15, -0.1) is 0 Å². The number of rotatable bonds is 8. The van der Waals surface area contributed by atoms with Gasteiger partial charge >= 0.3 is 0 Å². The molecule has 25 heavy (non-hydrogen) atoms. The molecule has 0 N–H and O–H groups in total. The fraction of sp³-hybridized carbons (Fsp3) is 0.368. The maximum absolute atomic E-state index is 5.23. The lowest BCUT2D eigenvalue weighted by atomic mass is 10.2. The number of methoxy groups -OCH3 is 1. The van der Waals surface area contributed by atoms with E-state index >= 15 is 0 Å². The van der Waals surface area contributed by atoms with Crippen LogP contribution in [0.5, 0.6) is 0 Å². The van der Waals surface area contributed by atoms with Crippen LogP contribution in [0.25, 0.3) is 0 Å². The summed E-state index contributed by atoms with van der Waals surface area (Å²) in [4.78, 5) is 9.24. The number of hydrogen-bond donors (Lipinski definition) is 0. The standard InChI is InChI=1S/C19H24N4OS/c1-15-16(2)23(11-12-24-3)19(21-15)25-14-18-20-9-10-22(18)13-17-7-5-4-6-8-17/h4-10H,11-14H2,1-3H3. The molecule has 0 spiro atoms. The summed E-state index contributed by atoms with van der Waals surface area (Å²) in [5, 5.41) is 1.03. The van der Waals surface area contributed by atoms with Crippen molar-refractivity contribution in [3.05, 3.63) is 65.5 Å². The number of thioether (sulfide) groups is 1. The van der Waals surface area contributed by atoms with Crippen LogP contribution in [-0.4, -0.2) is 32.8 Å². The molecule has 5 nitrogen and oxygen atoms in total. The van der Waals surface area contributed by atoms with Gasteiger partial charge in [-0.25, -0.2) is 9.97 Å². The van der Waals surface area contributed by atoms with Gasteiger partial charge in [0.2, 0.25) is 0 Å². The van der Waals surface area contributed by atoms with Crippen LogP contribution in [0.3, 0.4) is 0 Å². The summed E-state index contributed by atoms with van der Waals surface area (Å²) in [5.41, 5.74) is 3.55. The van der Waals surface area contributed by atoms with Gasteiger partial charge in [0.1, 0.15) is 5.82 Å². The fourth-order valence-corrected chi connectivity index (χ4v) is 3.80. The number of benzene rings is 1. The molecule has 6 heteroatoms. The van der Waals surface area contributed by atoms with Gasteiger partial charge in [-0.2, -0.15) is 0 Å². The molecule has 0 saturated carbocycles. The second kappa shape index (κ2) is 8.36. The first-order chi connectivity index (χ1) is 12.2. The van der Waals surface area contributed by atoms with Crippen molar-refractivity contribution in [3.8, 4) is 0 Å². The van der Waals surface area contributed by atoms with Crippen molar-refractivity contribution >= 4 is 11.8 Å². The van der Waals surface area contributed by atoms with Crippen molar-refractivity contribution in [1.29, 1.82) is 0 Å². The number of nitrogens with zero attached hydrogens (tertiary/aromatic N) is 4. The van der Waals surface area contributed by atoms with E-state index in [2.05, 4.69) is 52.2 Å². The highest BCUT2D eigenvalue weighted by molar-refractivity contribution is 7.98. The predicted octanol–water partition coefficient (Wildman–Crippen LogP) is 3.68. The molecule has 3 rings (SSSR count). The molecule has 0 amide bonds. The van der Waals surface area contributed by atoms with Crippen LogP contribution in [-0.2, 0) is 23.6 Å². The predicted molar refractivity (Wildman–Crippen MR) is 101 cm³/mol. The molecule has 0 bridgehead atoms. The van der Waals surface area contributed by atoms with E-state index < -0.39 is 0 Å². The van der Waals surface area contributed by atoms with Gasteiger partial charge in [0.05, 0.1) is 18.1 Å². The van der Waals surface area contributed by atoms with Gasteiger partial charge in [0, 0.05) is 38.3 Å². The highest BCUT2D eigenvalue weighted by atomic mass is 32.2. The summed E-state index contributed by atoms with van der Waals surface area (Å²) in [6.45, 7) is 6.52. The first kappa shape index (κ1) is 17.8. The zero-order valence-corrected chi connectivity index (χ0v) is 15.8. The Kier molecular flexibility index (Phi) is 5.94. The fourth-order valence-electron chi connectivity index (χ4n) is 2.71. The average molecular weight is 356 g/mol. The molecule has 132 valence electrons. The molecule has 0 atom stereocenters. The molecule has 3 aromatic rings. The first-order valence-corrected chi connectivity index (χ1v) is 9.37. The van der Waals surface area contributed by atoms with E-state index in [1.807, 2.05) is 18.5 Å². The number of imidazole rings is 2. The SMILES string of the molecule is COCCn1c(SCc2nccn2Cc2ccccc2)nc(C)c1C. The molecule has 0 unspecified atom stereocenters. The van der Waals surface area contributed by atoms with Crippen LogP contribution in [0, 0.1) is 13.8 Å². The van der Waals surface area contributed by atoms with E-state index in [1.165, 1.54) is 11.3 Å². The number of aryl methyl sites for hydroxylation is 1. The Morgan fingerprint density at radius 3 is 2.72 bits per heavy atom. The third-order valence-corrected chi connectivity index (χ3v) is 5.24. The minimum Gasteiger partial charge on any atom is -0.383 e. The summed E-state index contributed by atoms with van der Waals surface area (Å²) in [5.74, 6) is 1.85. The molecule has 1 aromatic carbocycles. The molecule has 0 fully saturated rings. The van der Waals surface area contributed by atoms with Gasteiger partial charge in [-0.1, -0.05) is 42.1 Å². The Morgan fingerprint density at radius 1 is 1.16 bits per heavy atom. The monoisotopic (exact) mass is 356 g/mol. The van der Waals surface area contributed by atoms with Crippen molar-refractivity contribution in [2.24, 2.45) is 0 Å². The first-order valence-electron chi connectivity index (χ1n) is 8.38. The minimum absolute atomic E-state index is 0.687. The highest BCUT2D eigenvalue weighted by Gasteiger charge is 2.13. The second-order valence-corrected chi connectivity index (χ2v) is 6.90. The van der Waals surface area contributed by atoms with Crippen molar-refractivity contribution < 1.29 is 4.74 Å². The summed E-state index contributed by atoms with van der Waals surface area (Å²) >= 11 is 1.73. The number of ether oxygens (including phenoxy) is 1. The molecule has 2 heterocycles. The Balaban J connectivity index is 1.71. The van der Waals surface area contributed by atoms with Crippen LogP contribution in [0.4, 0.5) is 0 Å². The third-order valence-electron chi connectivity index (χ3n) is 4.27. The molecule has 0 radical (unpaired) electrons. The molecule has 2 aromatic heterocycles. The third kappa shape index (κ3) is 4.32. The smallest absolute Gasteiger partial charge is 0.168 e. The van der Waals surface area contributed by atoms with Crippen molar-refractivity contribution in [2.75, 3.05) is 13.7 Å². The van der Waals surface area contributed by atoms with E-state index in [0.29, 0.717) is 6.61 Å². The van der Waals surface area contributed by atoms with Crippen molar-refractivity contribution in [3.63, 3.8) is 0 Å². The molecule has 0 saturated heterocycles. The van der Waals surface area contributed by atoms with Gasteiger partial charge in [-0.05, 0) is 19.4 Å². The van der Waals surface area contributed by atoms with Gasteiger partial charge in [0.25, 0.3) is 0 Å². The minimum atomic E-state index is 0.687. The van der Waals surface area contributed by atoms with Crippen LogP contribution < -0.4 is 0 Å². The normalized spacial score (nSPS) is 11.2. The molecule has 0 aliphatic carbocycles.